The van der Waals surface area contributed by atoms with Crippen molar-refractivity contribution < 1.29 is 8.78 Å². The van der Waals surface area contributed by atoms with Crippen molar-refractivity contribution in [1.82, 2.24) is 0 Å². The molecule has 0 amide bonds. The van der Waals surface area contributed by atoms with Gasteiger partial charge in [0.05, 0.1) is 0 Å². The fraction of sp³-hybridized carbons (Fsp3) is 0.200. The molecule has 0 radical (unpaired) electrons. The van der Waals surface area contributed by atoms with Crippen LogP contribution in [0, 0.1) is 18.8 Å². The van der Waals surface area contributed by atoms with E-state index in [4.69, 9.17) is 0 Å². The van der Waals surface area contributed by atoms with E-state index in [0.717, 1.165) is 23.6 Å². The summed E-state index contributed by atoms with van der Waals surface area (Å²) >= 11 is 0. The van der Waals surface area contributed by atoms with Gasteiger partial charge in [0, 0.05) is 16.7 Å². The number of halogens is 2. The summed E-state index contributed by atoms with van der Waals surface area (Å²) in [4.78, 5) is 0. The van der Waals surface area contributed by atoms with Crippen molar-refractivity contribution in [2.75, 3.05) is 0 Å². The maximum atomic E-state index is 13.7. The summed E-state index contributed by atoms with van der Waals surface area (Å²) in [5, 5.41) is 0. The van der Waals surface area contributed by atoms with Crippen LogP contribution < -0.4 is 0 Å². The summed E-state index contributed by atoms with van der Waals surface area (Å²) in [6.07, 6.45) is 0.713. The van der Waals surface area contributed by atoms with Crippen LogP contribution in [0.2, 0.25) is 0 Å². The Bertz CT molecular complexity index is 753. The summed E-state index contributed by atoms with van der Waals surface area (Å²) in [7, 11) is 0. The highest BCUT2D eigenvalue weighted by molar-refractivity contribution is 5.63. The normalized spacial score (nSPS) is 11.5. The number of hydrogen-bond donors (Lipinski definition) is 0. The van der Waals surface area contributed by atoms with E-state index in [1.807, 2.05) is 38.1 Å². The SMILES string of the molecule is CCc1cc(/C(F)=C(/C)F)ccc1C#Cc1ccc(C)cc1. The molecule has 0 nitrogen and oxygen atoms in total. The van der Waals surface area contributed by atoms with Gasteiger partial charge in [-0.3, -0.25) is 0 Å². The van der Waals surface area contributed by atoms with Gasteiger partial charge in [0.2, 0.25) is 0 Å². The van der Waals surface area contributed by atoms with E-state index in [1.54, 1.807) is 18.2 Å². The molecule has 0 aromatic heterocycles. The van der Waals surface area contributed by atoms with Crippen molar-refractivity contribution in [3.05, 3.63) is 76.1 Å². The zero-order valence-corrected chi connectivity index (χ0v) is 13.0. The third kappa shape index (κ3) is 3.83. The van der Waals surface area contributed by atoms with Gasteiger partial charge in [-0.2, -0.15) is 0 Å². The maximum Gasteiger partial charge on any atom is 0.161 e. The molecule has 2 aromatic carbocycles. The highest BCUT2D eigenvalue weighted by Gasteiger charge is 2.07. The molecule has 0 aliphatic carbocycles. The molecular weight excluding hydrogens is 278 g/mol. The molecule has 0 N–H and O–H groups in total. The van der Waals surface area contributed by atoms with Crippen molar-refractivity contribution in [3.8, 4) is 11.8 Å². The van der Waals surface area contributed by atoms with E-state index in [0.29, 0.717) is 6.42 Å². The minimum absolute atomic E-state index is 0.262. The van der Waals surface area contributed by atoms with Gasteiger partial charge in [-0.15, -0.1) is 0 Å². The standard InChI is InChI=1S/C20H18F2/c1-4-17-13-19(20(22)15(3)21)12-11-18(17)10-9-16-7-5-14(2)6-8-16/h5-8,11-13H,4H2,1-3H3/b20-15+. The van der Waals surface area contributed by atoms with Crippen LogP contribution in [0.25, 0.3) is 5.83 Å². The van der Waals surface area contributed by atoms with Crippen LogP contribution in [0.4, 0.5) is 8.78 Å². The Morgan fingerprint density at radius 1 is 1.00 bits per heavy atom. The van der Waals surface area contributed by atoms with Crippen molar-refractivity contribution in [1.29, 1.82) is 0 Å². The first kappa shape index (κ1) is 16.0. The Morgan fingerprint density at radius 2 is 1.68 bits per heavy atom. The van der Waals surface area contributed by atoms with Gasteiger partial charge in [0.1, 0.15) is 5.83 Å². The Balaban J connectivity index is 2.37. The highest BCUT2D eigenvalue weighted by atomic mass is 19.2. The van der Waals surface area contributed by atoms with Crippen molar-refractivity contribution in [3.63, 3.8) is 0 Å². The quantitative estimate of drug-likeness (QED) is 0.634. The van der Waals surface area contributed by atoms with Gasteiger partial charge in [-0.25, -0.2) is 8.78 Å². The van der Waals surface area contributed by atoms with Crippen LogP contribution in [0.15, 0.2) is 48.3 Å². The summed E-state index contributed by atoms with van der Waals surface area (Å²) in [6.45, 7) is 5.12. The van der Waals surface area contributed by atoms with E-state index in [9.17, 15) is 8.78 Å². The molecule has 0 aliphatic rings. The minimum atomic E-state index is -0.812. The lowest BCUT2D eigenvalue weighted by atomic mass is 10.0. The zero-order valence-electron chi connectivity index (χ0n) is 13.0. The first-order valence-electron chi connectivity index (χ1n) is 7.25. The summed E-state index contributed by atoms with van der Waals surface area (Å²) in [5.74, 6) is 4.60. The molecule has 0 fully saturated rings. The van der Waals surface area contributed by atoms with E-state index < -0.39 is 11.7 Å². The molecular formula is C20H18F2. The Morgan fingerprint density at radius 3 is 2.27 bits per heavy atom. The molecule has 0 saturated heterocycles. The predicted molar refractivity (Wildman–Crippen MR) is 87.8 cm³/mol. The highest BCUT2D eigenvalue weighted by Crippen LogP contribution is 2.23. The van der Waals surface area contributed by atoms with Gasteiger partial charge in [0.25, 0.3) is 0 Å². The fourth-order valence-electron chi connectivity index (χ4n) is 2.12. The lowest BCUT2D eigenvalue weighted by molar-refractivity contribution is 0.606. The van der Waals surface area contributed by atoms with Crippen LogP contribution in [0.3, 0.4) is 0 Å². The van der Waals surface area contributed by atoms with Crippen molar-refractivity contribution in [2.45, 2.75) is 27.2 Å². The van der Waals surface area contributed by atoms with Crippen LogP contribution in [-0.2, 0) is 6.42 Å². The molecule has 0 unspecified atom stereocenters. The van der Waals surface area contributed by atoms with Gasteiger partial charge < -0.3 is 0 Å². The molecule has 2 aromatic rings. The molecule has 0 atom stereocenters. The van der Waals surface area contributed by atoms with Gasteiger partial charge in [-0.1, -0.05) is 42.5 Å². The fourth-order valence-corrected chi connectivity index (χ4v) is 2.12. The van der Waals surface area contributed by atoms with Gasteiger partial charge in [-0.05, 0) is 50.1 Å². The smallest absolute Gasteiger partial charge is 0.161 e. The van der Waals surface area contributed by atoms with Crippen molar-refractivity contribution in [2.24, 2.45) is 0 Å². The molecule has 0 spiro atoms. The van der Waals surface area contributed by atoms with Crippen LogP contribution >= 0.6 is 0 Å². The van der Waals surface area contributed by atoms with Crippen LogP contribution in [-0.4, -0.2) is 0 Å². The second kappa shape index (κ2) is 7.04. The Kier molecular flexibility index (Phi) is 5.12. The monoisotopic (exact) mass is 296 g/mol. The molecule has 112 valence electrons. The maximum absolute atomic E-state index is 13.7. The Hall–Kier alpha value is -2.40. The first-order chi connectivity index (χ1) is 10.5. The average molecular weight is 296 g/mol. The van der Waals surface area contributed by atoms with Crippen LogP contribution in [0.5, 0.6) is 0 Å². The van der Waals surface area contributed by atoms with E-state index >= 15 is 0 Å². The van der Waals surface area contributed by atoms with Crippen molar-refractivity contribution >= 4 is 5.83 Å². The van der Waals surface area contributed by atoms with E-state index in [2.05, 4.69) is 11.8 Å². The molecule has 2 heteroatoms. The second-order valence-electron chi connectivity index (χ2n) is 5.19. The lowest BCUT2D eigenvalue weighted by Gasteiger charge is -2.05. The third-order valence-electron chi connectivity index (χ3n) is 3.44. The third-order valence-corrected chi connectivity index (χ3v) is 3.44. The average Bonchev–Trinajstić information content (AvgIpc) is 2.53. The molecule has 0 saturated carbocycles. The summed E-state index contributed by atoms with van der Waals surface area (Å²) in [5.41, 5.74) is 4.14. The number of allylic oxidation sites excluding steroid dienone is 1. The molecule has 0 bridgehead atoms. The summed E-state index contributed by atoms with van der Waals surface area (Å²) in [6, 6.07) is 12.9. The molecule has 2 rings (SSSR count). The first-order valence-corrected chi connectivity index (χ1v) is 7.25. The van der Waals surface area contributed by atoms with Gasteiger partial charge in [0.15, 0.2) is 5.83 Å². The summed E-state index contributed by atoms with van der Waals surface area (Å²) < 4.78 is 26.7. The number of benzene rings is 2. The lowest BCUT2D eigenvalue weighted by Crippen LogP contribution is -1.91. The minimum Gasteiger partial charge on any atom is -0.209 e. The van der Waals surface area contributed by atoms with E-state index in [-0.39, 0.29) is 5.56 Å². The topological polar surface area (TPSA) is 0 Å². The van der Waals surface area contributed by atoms with Gasteiger partial charge >= 0.3 is 0 Å². The number of rotatable bonds is 2. The second-order valence-corrected chi connectivity index (χ2v) is 5.19. The Labute approximate surface area is 130 Å². The number of aryl methyl sites for hydroxylation is 2. The largest absolute Gasteiger partial charge is 0.209 e. The molecule has 22 heavy (non-hydrogen) atoms. The molecule has 0 heterocycles. The van der Waals surface area contributed by atoms with E-state index in [1.165, 1.54) is 5.56 Å². The molecule has 0 aliphatic heterocycles. The predicted octanol–water partition coefficient (Wildman–Crippen LogP) is 5.58. The zero-order chi connectivity index (χ0) is 16.1. The number of hydrogen-bond acceptors (Lipinski definition) is 0. The van der Waals surface area contributed by atoms with Crippen LogP contribution in [0.1, 0.15) is 41.7 Å².